The second kappa shape index (κ2) is 4.87. The van der Waals surface area contributed by atoms with E-state index in [1.165, 1.54) is 0 Å². The van der Waals surface area contributed by atoms with Gasteiger partial charge in [0.1, 0.15) is 0 Å². The molecule has 0 atom stereocenters. The second-order valence-electron chi connectivity index (χ2n) is 3.98. The summed E-state index contributed by atoms with van der Waals surface area (Å²) in [5, 5.41) is 4.69. The summed E-state index contributed by atoms with van der Waals surface area (Å²) in [5.74, 6) is 0.626. The highest BCUT2D eigenvalue weighted by Gasteiger charge is 2.28. The lowest BCUT2D eigenvalue weighted by Gasteiger charge is -2.30. The molecule has 94 valence electrons. The summed E-state index contributed by atoms with van der Waals surface area (Å²) in [6.45, 7) is 1.23. The van der Waals surface area contributed by atoms with Gasteiger partial charge in [-0.1, -0.05) is 0 Å². The highest BCUT2D eigenvalue weighted by Crippen LogP contribution is 2.19. The van der Waals surface area contributed by atoms with Gasteiger partial charge in [-0.2, -0.15) is 0 Å². The van der Waals surface area contributed by atoms with Crippen LogP contribution < -0.4 is 10.0 Å². The van der Waals surface area contributed by atoms with E-state index in [-0.39, 0.29) is 0 Å². The Morgan fingerprint density at radius 3 is 2.29 bits per heavy atom. The molecule has 6 nitrogen and oxygen atoms in total. The fourth-order valence-electron chi connectivity index (χ4n) is 1.85. The molecule has 1 aliphatic rings. The first-order valence-electron chi connectivity index (χ1n) is 5.21. The monoisotopic (exact) mass is 320 g/mol. The van der Waals surface area contributed by atoms with Gasteiger partial charge in [-0.3, -0.25) is 0 Å². The van der Waals surface area contributed by atoms with Crippen molar-refractivity contribution >= 4 is 31.9 Å². The van der Waals surface area contributed by atoms with E-state index in [4.69, 9.17) is 5.14 Å². The first-order chi connectivity index (χ1) is 7.97. The molecule has 0 saturated carbocycles. The van der Waals surface area contributed by atoms with E-state index < -0.39 is 15.3 Å². The van der Waals surface area contributed by atoms with E-state index in [9.17, 15) is 8.42 Å². The van der Waals surface area contributed by atoms with E-state index in [1.54, 1.807) is 12.4 Å². The molecule has 0 amide bonds. The third-order valence-corrected chi connectivity index (χ3v) is 4.61. The minimum atomic E-state index is -3.41. The number of aromatic nitrogens is 2. The van der Waals surface area contributed by atoms with Crippen LogP contribution in [-0.4, -0.2) is 36.7 Å². The summed E-state index contributed by atoms with van der Waals surface area (Å²) in [6, 6.07) is 0. The highest BCUT2D eigenvalue weighted by molar-refractivity contribution is 9.10. The molecule has 1 aromatic rings. The summed E-state index contributed by atoms with van der Waals surface area (Å²) in [4.78, 5) is 10.3. The number of hydrogen-bond donors (Lipinski definition) is 1. The minimum Gasteiger partial charge on any atom is -0.341 e. The quantitative estimate of drug-likeness (QED) is 0.857. The third-order valence-electron chi connectivity index (χ3n) is 2.80. The molecule has 1 saturated heterocycles. The molecule has 0 spiro atoms. The van der Waals surface area contributed by atoms with Crippen molar-refractivity contribution < 1.29 is 8.42 Å². The van der Waals surface area contributed by atoms with Crippen LogP contribution in [0.15, 0.2) is 16.9 Å². The van der Waals surface area contributed by atoms with Crippen LogP contribution in [0.2, 0.25) is 0 Å². The van der Waals surface area contributed by atoms with E-state index in [0.717, 1.165) is 4.47 Å². The van der Waals surface area contributed by atoms with Crippen LogP contribution in [0.3, 0.4) is 0 Å². The Morgan fingerprint density at radius 1 is 1.29 bits per heavy atom. The van der Waals surface area contributed by atoms with Crippen molar-refractivity contribution in [2.45, 2.75) is 18.1 Å². The van der Waals surface area contributed by atoms with Gasteiger partial charge in [-0.15, -0.1) is 0 Å². The summed E-state index contributed by atoms with van der Waals surface area (Å²) >= 11 is 3.27. The zero-order valence-corrected chi connectivity index (χ0v) is 11.5. The van der Waals surface area contributed by atoms with Gasteiger partial charge >= 0.3 is 0 Å². The number of hydrogen-bond acceptors (Lipinski definition) is 5. The molecule has 1 aliphatic heterocycles. The average molecular weight is 321 g/mol. The van der Waals surface area contributed by atoms with E-state index in [0.29, 0.717) is 31.9 Å². The molecule has 2 rings (SSSR count). The lowest BCUT2D eigenvalue weighted by molar-refractivity contribution is 0.526. The molecule has 17 heavy (non-hydrogen) atoms. The van der Waals surface area contributed by atoms with Crippen LogP contribution in [-0.2, 0) is 10.0 Å². The van der Waals surface area contributed by atoms with Gasteiger partial charge in [0.15, 0.2) is 0 Å². The Labute approximate surface area is 108 Å². The number of halogens is 1. The fourth-order valence-corrected chi connectivity index (χ4v) is 2.93. The van der Waals surface area contributed by atoms with Gasteiger partial charge in [0.05, 0.1) is 9.72 Å². The zero-order valence-electron chi connectivity index (χ0n) is 9.08. The number of rotatable bonds is 2. The standard InChI is InChI=1S/C9H13BrN4O2S/c10-7-5-12-9(13-6-7)14-3-1-8(2-4-14)17(11,15)16/h5-6,8H,1-4H2,(H2,11,15,16). The van der Waals surface area contributed by atoms with Gasteiger partial charge in [0.2, 0.25) is 16.0 Å². The third kappa shape index (κ3) is 3.14. The van der Waals surface area contributed by atoms with Crippen LogP contribution in [0.4, 0.5) is 5.95 Å². The van der Waals surface area contributed by atoms with Gasteiger partial charge in [0, 0.05) is 25.5 Å². The largest absolute Gasteiger partial charge is 0.341 e. The van der Waals surface area contributed by atoms with Crippen LogP contribution in [0, 0.1) is 0 Å². The number of piperidine rings is 1. The lowest BCUT2D eigenvalue weighted by atomic mass is 10.1. The number of primary sulfonamides is 1. The molecule has 1 fully saturated rings. The zero-order chi connectivity index (χ0) is 12.5. The molecule has 1 aromatic heterocycles. The molecule has 2 heterocycles. The Kier molecular flexibility index (Phi) is 3.64. The highest BCUT2D eigenvalue weighted by atomic mass is 79.9. The molecule has 0 aliphatic carbocycles. The Balaban J connectivity index is 2.02. The predicted octanol–water partition coefficient (Wildman–Crippen LogP) is 0.496. The molecule has 0 radical (unpaired) electrons. The van der Waals surface area contributed by atoms with Crippen LogP contribution in [0.1, 0.15) is 12.8 Å². The van der Waals surface area contributed by atoms with E-state index in [2.05, 4.69) is 25.9 Å². The summed E-state index contributed by atoms with van der Waals surface area (Å²) in [5.41, 5.74) is 0. The maximum atomic E-state index is 11.2. The lowest BCUT2D eigenvalue weighted by Crippen LogP contribution is -2.42. The van der Waals surface area contributed by atoms with Crippen molar-refractivity contribution in [3.8, 4) is 0 Å². The van der Waals surface area contributed by atoms with Crippen LogP contribution in [0.25, 0.3) is 0 Å². The van der Waals surface area contributed by atoms with Gasteiger partial charge < -0.3 is 4.90 Å². The van der Waals surface area contributed by atoms with Crippen molar-refractivity contribution in [2.24, 2.45) is 5.14 Å². The molecular weight excluding hydrogens is 308 g/mol. The molecule has 0 unspecified atom stereocenters. The first kappa shape index (κ1) is 12.7. The second-order valence-corrected chi connectivity index (χ2v) is 6.74. The number of sulfonamides is 1. The first-order valence-corrected chi connectivity index (χ1v) is 7.61. The number of nitrogens with zero attached hydrogens (tertiary/aromatic N) is 3. The maximum absolute atomic E-state index is 11.2. The van der Waals surface area contributed by atoms with Crippen LogP contribution >= 0.6 is 15.9 Å². The normalized spacial score (nSPS) is 18.4. The van der Waals surface area contributed by atoms with Crippen LogP contribution in [0.5, 0.6) is 0 Å². The average Bonchev–Trinajstić information content (AvgIpc) is 2.29. The van der Waals surface area contributed by atoms with Gasteiger partial charge in [0.25, 0.3) is 0 Å². The number of nitrogens with two attached hydrogens (primary N) is 1. The number of anilines is 1. The van der Waals surface area contributed by atoms with Crippen molar-refractivity contribution in [3.63, 3.8) is 0 Å². The van der Waals surface area contributed by atoms with Crippen molar-refractivity contribution in [2.75, 3.05) is 18.0 Å². The molecular formula is C9H13BrN4O2S. The Bertz CT molecular complexity index is 482. The summed E-state index contributed by atoms with van der Waals surface area (Å²) < 4.78 is 23.2. The van der Waals surface area contributed by atoms with Crippen molar-refractivity contribution in [1.82, 2.24) is 9.97 Å². The Hall–Kier alpha value is -0.730. The Morgan fingerprint density at radius 2 is 1.82 bits per heavy atom. The fraction of sp³-hybridized carbons (Fsp3) is 0.556. The van der Waals surface area contributed by atoms with E-state index >= 15 is 0 Å². The molecule has 8 heteroatoms. The van der Waals surface area contributed by atoms with Gasteiger partial charge in [-0.25, -0.2) is 23.5 Å². The minimum absolute atomic E-state index is 0.436. The van der Waals surface area contributed by atoms with Gasteiger partial charge in [-0.05, 0) is 28.8 Å². The SMILES string of the molecule is NS(=O)(=O)C1CCN(c2ncc(Br)cn2)CC1. The summed E-state index contributed by atoms with van der Waals surface area (Å²) in [7, 11) is -3.41. The smallest absolute Gasteiger partial charge is 0.225 e. The molecule has 0 bridgehead atoms. The van der Waals surface area contributed by atoms with Crippen molar-refractivity contribution in [3.05, 3.63) is 16.9 Å². The van der Waals surface area contributed by atoms with E-state index in [1.807, 2.05) is 4.90 Å². The van der Waals surface area contributed by atoms with Crippen molar-refractivity contribution in [1.29, 1.82) is 0 Å². The molecule has 2 N–H and O–H groups in total. The maximum Gasteiger partial charge on any atom is 0.225 e. The molecule has 0 aromatic carbocycles. The summed E-state index contributed by atoms with van der Waals surface area (Å²) in [6.07, 6.45) is 4.40. The topological polar surface area (TPSA) is 89.2 Å². The predicted molar refractivity (Wildman–Crippen MR) is 68.1 cm³/mol.